The molecule has 3 nitrogen and oxygen atoms in total. The van der Waals surface area contributed by atoms with Crippen LogP contribution in [0.4, 0.5) is 5.69 Å². The van der Waals surface area contributed by atoms with Crippen LogP contribution < -0.4 is 5.32 Å². The van der Waals surface area contributed by atoms with Crippen molar-refractivity contribution in [3.63, 3.8) is 0 Å². The number of benzene rings is 1. The molecule has 0 aromatic heterocycles. The first-order chi connectivity index (χ1) is 8.14. The van der Waals surface area contributed by atoms with Gasteiger partial charge in [0.05, 0.1) is 11.3 Å². The van der Waals surface area contributed by atoms with Crippen LogP contribution in [0.1, 0.15) is 30.9 Å². The third kappa shape index (κ3) is 2.59. The van der Waals surface area contributed by atoms with E-state index in [4.69, 9.17) is 10.00 Å². The molecule has 1 aliphatic rings. The largest absolute Gasteiger partial charge is 0.381 e. The number of nitriles is 1. The summed E-state index contributed by atoms with van der Waals surface area (Å²) in [4.78, 5) is 0. The quantitative estimate of drug-likeness (QED) is 0.849. The first-order valence-electron chi connectivity index (χ1n) is 6.00. The van der Waals surface area contributed by atoms with Gasteiger partial charge < -0.3 is 10.1 Å². The van der Waals surface area contributed by atoms with E-state index in [0.717, 1.165) is 42.9 Å². The fourth-order valence-electron chi connectivity index (χ4n) is 2.18. The lowest BCUT2D eigenvalue weighted by Crippen LogP contribution is -2.41. The standard InChI is InChI=1S/C14H18N2O/c1-11-4-3-5-12(10-15)13(11)16-14(2)6-8-17-9-7-14/h3-5,16H,6-9H2,1-2H3. The van der Waals surface area contributed by atoms with Crippen LogP contribution in [0.15, 0.2) is 18.2 Å². The highest BCUT2D eigenvalue weighted by molar-refractivity contribution is 5.63. The van der Waals surface area contributed by atoms with Gasteiger partial charge in [0.1, 0.15) is 6.07 Å². The molecule has 17 heavy (non-hydrogen) atoms. The number of hydrogen-bond acceptors (Lipinski definition) is 3. The average molecular weight is 230 g/mol. The van der Waals surface area contributed by atoms with Gasteiger partial charge in [0.25, 0.3) is 0 Å². The summed E-state index contributed by atoms with van der Waals surface area (Å²) in [7, 11) is 0. The summed E-state index contributed by atoms with van der Waals surface area (Å²) in [6.45, 7) is 5.81. The zero-order valence-corrected chi connectivity index (χ0v) is 10.4. The van der Waals surface area contributed by atoms with Gasteiger partial charge in [0, 0.05) is 18.8 Å². The van der Waals surface area contributed by atoms with E-state index in [1.165, 1.54) is 0 Å². The van der Waals surface area contributed by atoms with Crippen molar-refractivity contribution in [2.24, 2.45) is 0 Å². The highest BCUT2D eigenvalue weighted by Gasteiger charge is 2.28. The van der Waals surface area contributed by atoms with Crippen molar-refractivity contribution < 1.29 is 4.74 Å². The van der Waals surface area contributed by atoms with E-state index in [1.807, 2.05) is 25.1 Å². The molecule has 1 saturated heterocycles. The number of ether oxygens (including phenoxy) is 1. The molecule has 1 heterocycles. The van der Waals surface area contributed by atoms with Crippen molar-refractivity contribution in [3.8, 4) is 6.07 Å². The smallest absolute Gasteiger partial charge is 0.101 e. The molecule has 0 spiro atoms. The Bertz CT molecular complexity index is 442. The molecule has 1 N–H and O–H groups in total. The Morgan fingerprint density at radius 3 is 2.71 bits per heavy atom. The summed E-state index contributed by atoms with van der Waals surface area (Å²) in [6.07, 6.45) is 1.96. The molecule has 90 valence electrons. The zero-order valence-electron chi connectivity index (χ0n) is 10.4. The van der Waals surface area contributed by atoms with Gasteiger partial charge in [-0.3, -0.25) is 0 Å². The number of nitrogens with zero attached hydrogens (tertiary/aromatic N) is 1. The molecule has 0 bridgehead atoms. The molecule has 1 aromatic rings. The van der Waals surface area contributed by atoms with Crippen LogP contribution >= 0.6 is 0 Å². The van der Waals surface area contributed by atoms with Gasteiger partial charge >= 0.3 is 0 Å². The Morgan fingerprint density at radius 2 is 2.06 bits per heavy atom. The monoisotopic (exact) mass is 230 g/mol. The molecule has 1 fully saturated rings. The van der Waals surface area contributed by atoms with Gasteiger partial charge in [-0.1, -0.05) is 12.1 Å². The van der Waals surface area contributed by atoms with Crippen molar-refractivity contribution in [2.45, 2.75) is 32.2 Å². The first kappa shape index (κ1) is 11.9. The van der Waals surface area contributed by atoms with E-state index in [9.17, 15) is 0 Å². The molecule has 3 heteroatoms. The van der Waals surface area contributed by atoms with Crippen LogP contribution in [-0.4, -0.2) is 18.8 Å². The van der Waals surface area contributed by atoms with Crippen molar-refractivity contribution in [2.75, 3.05) is 18.5 Å². The number of anilines is 1. The molecule has 0 amide bonds. The Kier molecular flexibility index (Phi) is 3.35. The first-order valence-corrected chi connectivity index (χ1v) is 6.00. The van der Waals surface area contributed by atoms with Crippen LogP contribution in [0, 0.1) is 18.3 Å². The third-order valence-electron chi connectivity index (χ3n) is 3.42. The lowest BCUT2D eigenvalue weighted by atomic mass is 9.91. The molecule has 0 atom stereocenters. The van der Waals surface area contributed by atoms with Crippen molar-refractivity contribution in [3.05, 3.63) is 29.3 Å². The van der Waals surface area contributed by atoms with E-state index in [2.05, 4.69) is 18.3 Å². The highest BCUT2D eigenvalue weighted by Crippen LogP contribution is 2.29. The molecule has 0 unspecified atom stereocenters. The summed E-state index contributed by atoms with van der Waals surface area (Å²) in [5.74, 6) is 0. The predicted molar refractivity (Wildman–Crippen MR) is 68.0 cm³/mol. The lowest BCUT2D eigenvalue weighted by molar-refractivity contribution is 0.0658. The maximum atomic E-state index is 9.14. The fourth-order valence-corrected chi connectivity index (χ4v) is 2.18. The van der Waals surface area contributed by atoms with Crippen LogP contribution in [0.25, 0.3) is 0 Å². The zero-order chi connectivity index (χ0) is 12.3. The number of nitrogens with one attached hydrogen (secondary N) is 1. The van der Waals surface area contributed by atoms with E-state index in [1.54, 1.807) is 0 Å². The Hall–Kier alpha value is -1.53. The van der Waals surface area contributed by atoms with Crippen LogP contribution in [0.2, 0.25) is 0 Å². The summed E-state index contributed by atoms with van der Waals surface area (Å²) in [6, 6.07) is 8.06. The summed E-state index contributed by atoms with van der Waals surface area (Å²) < 4.78 is 5.38. The topological polar surface area (TPSA) is 45.0 Å². The van der Waals surface area contributed by atoms with E-state index >= 15 is 0 Å². The summed E-state index contributed by atoms with van der Waals surface area (Å²) >= 11 is 0. The van der Waals surface area contributed by atoms with Gasteiger partial charge in [-0.25, -0.2) is 0 Å². The second-order valence-corrected chi connectivity index (χ2v) is 4.91. The number of rotatable bonds is 2. The average Bonchev–Trinajstić information content (AvgIpc) is 2.32. The molecule has 0 saturated carbocycles. The van der Waals surface area contributed by atoms with Crippen molar-refractivity contribution >= 4 is 5.69 Å². The second kappa shape index (κ2) is 4.77. The normalized spacial score (nSPS) is 18.4. The fraction of sp³-hybridized carbons (Fsp3) is 0.500. The van der Waals surface area contributed by atoms with Crippen molar-refractivity contribution in [1.82, 2.24) is 0 Å². The summed E-state index contributed by atoms with van der Waals surface area (Å²) in [5.41, 5.74) is 2.85. The minimum absolute atomic E-state index is 0.0377. The van der Waals surface area contributed by atoms with Gasteiger partial charge in [-0.15, -0.1) is 0 Å². The molecular weight excluding hydrogens is 212 g/mol. The van der Waals surface area contributed by atoms with Crippen molar-refractivity contribution in [1.29, 1.82) is 5.26 Å². The molecule has 0 radical (unpaired) electrons. The van der Waals surface area contributed by atoms with Crippen LogP contribution in [0.3, 0.4) is 0 Å². The predicted octanol–water partition coefficient (Wildman–Crippen LogP) is 2.85. The van der Waals surface area contributed by atoms with E-state index < -0.39 is 0 Å². The molecular formula is C14H18N2O. The third-order valence-corrected chi connectivity index (χ3v) is 3.42. The Morgan fingerprint density at radius 1 is 1.35 bits per heavy atom. The number of hydrogen-bond donors (Lipinski definition) is 1. The highest BCUT2D eigenvalue weighted by atomic mass is 16.5. The van der Waals surface area contributed by atoms with Crippen LogP contribution in [-0.2, 0) is 4.74 Å². The molecule has 1 aromatic carbocycles. The minimum Gasteiger partial charge on any atom is -0.381 e. The Labute approximate surface area is 102 Å². The number of para-hydroxylation sites is 1. The van der Waals surface area contributed by atoms with Gasteiger partial charge in [-0.2, -0.15) is 5.26 Å². The number of aryl methyl sites for hydroxylation is 1. The van der Waals surface area contributed by atoms with E-state index in [0.29, 0.717) is 0 Å². The minimum atomic E-state index is 0.0377. The summed E-state index contributed by atoms with van der Waals surface area (Å²) in [5, 5.41) is 12.7. The second-order valence-electron chi connectivity index (χ2n) is 4.91. The van der Waals surface area contributed by atoms with Gasteiger partial charge in [0.2, 0.25) is 0 Å². The van der Waals surface area contributed by atoms with Crippen LogP contribution in [0.5, 0.6) is 0 Å². The maximum absolute atomic E-state index is 9.14. The molecule has 2 rings (SSSR count). The van der Waals surface area contributed by atoms with Gasteiger partial charge in [0.15, 0.2) is 0 Å². The Balaban J connectivity index is 2.26. The SMILES string of the molecule is Cc1cccc(C#N)c1NC1(C)CCOCC1. The molecule has 1 aliphatic heterocycles. The molecule has 0 aliphatic carbocycles. The van der Waals surface area contributed by atoms with Gasteiger partial charge in [-0.05, 0) is 38.3 Å². The maximum Gasteiger partial charge on any atom is 0.101 e. The lowest BCUT2D eigenvalue weighted by Gasteiger charge is -2.36. The van der Waals surface area contributed by atoms with E-state index in [-0.39, 0.29) is 5.54 Å².